The van der Waals surface area contributed by atoms with Crippen LogP contribution >= 0.6 is 0 Å². The van der Waals surface area contributed by atoms with Gasteiger partial charge in [0.2, 0.25) is 0 Å². The fraction of sp³-hybridized carbons (Fsp3) is 0.333. The maximum Gasteiger partial charge on any atom is 0.282 e. The molecule has 0 saturated carbocycles. The molecule has 0 aromatic heterocycles. The second-order valence-corrected chi connectivity index (χ2v) is 7.66. The summed E-state index contributed by atoms with van der Waals surface area (Å²) in [5.74, 6) is 0.714. The number of rotatable bonds is 6. The Morgan fingerprint density at radius 2 is 1.48 bits per heavy atom. The Bertz CT molecular complexity index is 990. The number of hydrogen-bond donors (Lipinski definition) is 0. The molecular weight excluding hydrogens is 396 g/mol. The van der Waals surface area contributed by atoms with Crippen molar-refractivity contribution in [3.63, 3.8) is 0 Å². The van der Waals surface area contributed by atoms with E-state index in [0.29, 0.717) is 60.3 Å². The third kappa shape index (κ3) is 4.14. The summed E-state index contributed by atoms with van der Waals surface area (Å²) in [6, 6.07) is 14.2. The van der Waals surface area contributed by atoms with Gasteiger partial charge in [0.15, 0.2) is 0 Å². The lowest BCUT2D eigenvalue weighted by Crippen LogP contribution is -2.40. The largest absolute Gasteiger partial charge is 0.497 e. The minimum atomic E-state index is -0.339. The maximum atomic E-state index is 13.5. The van der Waals surface area contributed by atoms with E-state index in [1.807, 2.05) is 30.9 Å². The number of amides is 2. The molecule has 7 nitrogen and oxygen atoms in total. The highest BCUT2D eigenvalue weighted by Gasteiger charge is 2.42. The third-order valence-electron chi connectivity index (χ3n) is 5.23. The van der Waals surface area contributed by atoms with Gasteiger partial charge < -0.3 is 19.1 Å². The van der Waals surface area contributed by atoms with Crippen molar-refractivity contribution in [2.75, 3.05) is 38.3 Å². The number of benzene rings is 2. The monoisotopic (exact) mass is 422 g/mol. The van der Waals surface area contributed by atoms with Crippen molar-refractivity contribution in [1.29, 1.82) is 0 Å². The Balaban J connectivity index is 1.72. The highest BCUT2D eigenvalue weighted by molar-refractivity contribution is 6.45. The topological polar surface area (TPSA) is 68.3 Å². The minimum Gasteiger partial charge on any atom is -0.497 e. The summed E-state index contributed by atoms with van der Waals surface area (Å²) in [6.45, 7) is 6.04. The molecule has 1 fully saturated rings. The Hall–Kier alpha value is -3.32. The normalized spacial score (nSPS) is 17.0. The number of carbonyl (C=O) groups is 2. The van der Waals surface area contributed by atoms with Crippen molar-refractivity contribution in [3.05, 3.63) is 59.8 Å². The molecule has 0 spiro atoms. The summed E-state index contributed by atoms with van der Waals surface area (Å²) in [5.41, 5.74) is 2.02. The molecule has 4 rings (SSSR count). The number of hydrogen-bond acceptors (Lipinski definition) is 6. The zero-order valence-electron chi connectivity index (χ0n) is 18.0. The Labute approximate surface area is 181 Å². The molecule has 31 heavy (non-hydrogen) atoms. The third-order valence-corrected chi connectivity index (χ3v) is 5.23. The van der Waals surface area contributed by atoms with Crippen LogP contribution in [0, 0.1) is 0 Å². The van der Waals surface area contributed by atoms with Gasteiger partial charge in [0.05, 0.1) is 37.7 Å². The first kappa shape index (κ1) is 20.9. The van der Waals surface area contributed by atoms with Crippen molar-refractivity contribution >= 4 is 23.1 Å². The van der Waals surface area contributed by atoms with Crippen LogP contribution in [0.4, 0.5) is 5.69 Å². The highest BCUT2D eigenvalue weighted by Crippen LogP contribution is 2.36. The number of carbonyl (C=O) groups excluding carboxylic acids is 2. The molecule has 0 atom stereocenters. The summed E-state index contributed by atoms with van der Waals surface area (Å²) >= 11 is 0. The van der Waals surface area contributed by atoms with Crippen LogP contribution in [0.2, 0.25) is 0 Å². The van der Waals surface area contributed by atoms with Crippen molar-refractivity contribution in [2.45, 2.75) is 20.0 Å². The number of methoxy groups -OCH3 is 1. The first-order chi connectivity index (χ1) is 15.0. The van der Waals surface area contributed by atoms with E-state index in [0.717, 1.165) is 0 Å². The highest BCUT2D eigenvalue weighted by atomic mass is 16.5. The number of ether oxygens (including phenoxy) is 3. The second-order valence-electron chi connectivity index (χ2n) is 7.66. The molecule has 7 heteroatoms. The molecular formula is C24H26N2O5. The van der Waals surface area contributed by atoms with Gasteiger partial charge in [-0.15, -0.1) is 0 Å². The van der Waals surface area contributed by atoms with Crippen LogP contribution in [-0.4, -0.2) is 56.2 Å². The first-order valence-corrected chi connectivity index (χ1v) is 10.4. The van der Waals surface area contributed by atoms with Crippen LogP contribution in [0.25, 0.3) is 5.57 Å². The summed E-state index contributed by atoms with van der Waals surface area (Å²) < 4.78 is 16.4. The van der Waals surface area contributed by atoms with E-state index in [2.05, 4.69) is 0 Å². The molecule has 0 N–H and O–H groups in total. The van der Waals surface area contributed by atoms with Gasteiger partial charge in [-0.25, -0.2) is 4.90 Å². The standard InChI is InChI=1S/C24H26N2O5/c1-16(2)31-20-10-6-18(7-11-20)26-23(27)21(17-4-8-19(29-3)9-5-17)22(24(26)28)25-12-14-30-15-13-25/h4-11,16H,12-15H2,1-3H3. The van der Waals surface area contributed by atoms with Crippen LogP contribution < -0.4 is 14.4 Å². The minimum absolute atomic E-state index is 0.0390. The van der Waals surface area contributed by atoms with Gasteiger partial charge in [-0.05, 0) is 55.8 Å². The van der Waals surface area contributed by atoms with Gasteiger partial charge in [-0.3, -0.25) is 9.59 Å². The summed E-state index contributed by atoms with van der Waals surface area (Å²) in [5, 5.41) is 0. The number of nitrogens with zero attached hydrogens (tertiary/aromatic N) is 2. The average molecular weight is 422 g/mol. The van der Waals surface area contributed by atoms with Crippen molar-refractivity contribution in [3.8, 4) is 11.5 Å². The molecule has 0 aliphatic carbocycles. The lowest BCUT2D eigenvalue weighted by atomic mass is 10.0. The predicted octanol–water partition coefficient (Wildman–Crippen LogP) is 3.10. The van der Waals surface area contributed by atoms with Crippen LogP contribution in [0.1, 0.15) is 19.4 Å². The van der Waals surface area contributed by atoms with E-state index in [4.69, 9.17) is 14.2 Å². The van der Waals surface area contributed by atoms with Crippen LogP contribution in [0.3, 0.4) is 0 Å². The predicted molar refractivity (Wildman–Crippen MR) is 117 cm³/mol. The smallest absolute Gasteiger partial charge is 0.282 e. The van der Waals surface area contributed by atoms with Crippen LogP contribution in [0.5, 0.6) is 11.5 Å². The SMILES string of the molecule is COc1ccc(C2=C(N3CCOCC3)C(=O)N(c3ccc(OC(C)C)cc3)C2=O)cc1. The van der Waals surface area contributed by atoms with Crippen LogP contribution in [-0.2, 0) is 14.3 Å². The van der Waals surface area contributed by atoms with Gasteiger partial charge in [0.25, 0.3) is 11.8 Å². The molecule has 2 amide bonds. The Morgan fingerprint density at radius 1 is 0.871 bits per heavy atom. The summed E-state index contributed by atoms with van der Waals surface area (Å²) in [7, 11) is 1.59. The fourth-order valence-corrected chi connectivity index (χ4v) is 3.80. The van der Waals surface area contributed by atoms with Gasteiger partial charge >= 0.3 is 0 Å². The van der Waals surface area contributed by atoms with Gasteiger partial charge in [-0.1, -0.05) is 12.1 Å². The Morgan fingerprint density at radius 3 is 2.06 bits per heavy atom. The molecule has 0 radical (unpaired) electrons. The molecule has 0 bridgehead atoms. The summed E-state index contributed by atoms with van der Waals surface area (Å²) in [4.78, 5) is 30.2. The lowest BCUT2D eigenvalue weighted by Gasteiger charge is -2.29. The van der Waals surface area contributed by atoms with E-state index in [1.54, 1.807) is 43.5 Å². The number of anilines is 1. The van der Waals surface area contributed by atoms with E-state index in [1.165, 1.54) is 4.90 Å². The molecule has 1 saturated heterocycles. The van der Waals surface area contributed by atoms with Crippen LogP contribution in [0.15, 0.2) is 54.2 Å². The fourth-order valence-electron chi connectivity index (χ4n) is 3.80. The summed E-state index contributed by atoms with van der Waals surface area (Å²) in [6.07, 6.45) is 0.0390. The quantitative estimate of drug-likeness (QED) is 0.667. The molecule has 162 valence electrons. The number of morpholine rings is 1. The molecule has 2 aromatic rings. The Kier molecular flexibility index (Phi) is 5.95. The lowest BCUT2D eigenvalue weighted by molar-refractivity contribution is -0.121. The molecule has 2 aliphatic heterocycles. The van der Waals surface area contributed by atoms with E-state index >= 15 is 0 Å². The molecule has 2 heterocycles. The number of imide groups is 1. The van der Waals surface area contributed by atoms with Crippen molar-refractivity contribution < 1.29 is 23.8 Å². The maximum absolute atomic E-state index is 13.5. The van der Waals surface area contributed by atoms with Crippen molar-refractivity contribution in [2.24, 2.45) is 0 Å². The van der Waals surface area contributed by atoms with Gasteiger partial charge in [0, 0.05) is 13.1 Å². The average Bonchev–Trinajstić information content (AvgIpc) is 3.04. The van der Waals surface area contributed by atoms with Gasteiger partial charge in [0.1, 0.15) is 17.2 Å². The van der Waals surface area contributed by atoms with E-state index in [-0.39, 0.29) is 17.9 Å². The van der Waals surface area contributed by atoms with E-state index in [9.17, 15) is 9.59 Å². The van der Waals surface area contributed by atoms with E-state index < -0.39 is 0 Å². The zero-order valence-corrected chi connectivity index (χ0v) is 18.0. The first-order valence-electron chi connectivity index (χ1n) is 10.4. The molecule has 2 aromatic carbocycles. The van der Waals surface area contributed by atoms with Crippen molar-refractivity contribution in [1.82, 2.24) is 4.90 Å². The zero-order chi connectivity index (χ0) is 22.0. The second kappa shape index (κ2) is 8.81. The molecule has 0 unspecified atom stereocenters. The van der Waals surface area contributed by atoms with Gasteiger partial charge in [-0.2, -0.15) is 0 Å². The molecule has 2 aliphatic rings.